The average molecular weight is 253 g/mol. The molecule has 0 bridgehead atoms. The molecule has 0 spiro atoms. The zero-order chi connectivity index (χ0) is 12.3. The summed E-state index contributed by atoms with van der Waals surface area (Å²) in [6.07, 6.45) is 2.41. The second-order valence-electron chi connectivity index (χ2n) is 3.79. The normalized spacial score (nSPS) is 13.1. The SMILES string of the molecule is CCC(N)CSCc1cc(=O)n2[nH]cnc2n1. The minimum Gasteiger partial charge on any atom is -0.327 e. The number of thioether (sulfide) groups is 1. The predicted octanol–water partition coefficient (Wildman–Crippen LogP) is 0.388. The van der Waals surface area contributed by atoms with E-state index >= 15 is 0 Å². The number of aromatic nitrogens is 4. The van der Waals surface area contributed by atoms with Crippen molar-refractivity contribution in [2.24, 2.45) is 5.73 Å². The first kappa shape index (κ1) is 12.1. The van der Waals surface area contributed by atoms with Gasteiger partial charge in [0.25, 0.3) is 11.3 Å². The van der Waals surface area contributed by atoms with Crippen molar-refractivity contribution in [2.75, 3.05) is 5.75 Å². The molecule has 0 saturated heterocycles. The van der Waals surface area contributed by atoms with Gasteiger partial charge in [-0.3, -0.25) is 9.89 Å². The maximum absolute atomic E-state index is 11.6. The number of hydrogen-bond acceptors (Lipinski definition) is 5. The molecule has 92 valence electrons. The summed E-state index contributed by atoms with van der Waals surface area (Å²) >= 11 is 1.69. The van der Waals surface area contributed by atoms with Gasteiger partial charge >= 0.3 is 0 Å². The highest BCUT2D eigenvalue weighted by Crippen LogP contribution is 2.10. The fraction of sp³-hybridized carbons (Fsp3) is 0.500. The lowest BCUT2D eigenvalue weighted by Crippen LogP contribution is -2.21. The van der Waals surface area contributed by atoms with Gasteiger partial charge in [-0.1, -0.05) is 6.92 Å². The lowest BCUT2D eigenvalue weighted by atomic mass is 10.3. The molecule has 2 aromatic rings. The van der Waals surface area contributed by atoms with Crippen molar-refractivity contribution in [2.45, 2.75) is 25.1 Å². The van der Waals surface area contributed by atoms with E-state index in [0.717, 1.165) is 17.9 Å². The van der Waals surface area contributed by atoms with Crippen LogP contribution in [-0.2, 0) is 5.75 Å². The predicted molar refractivity (Wildman–Crippen MR) is 68.0 cm³/mol. The van der Waals surface area contributed by atoms with Gasteiger partial charge in [0, 0.05) is 23.6 Å². The summed E-state index contributed by atoms with van der Waals surface area (Å²) in [5, 5.41) is 2.70. The summed E-state index contributed by atoms with van der Waals surface area (Å²) in [6, 6.07) is 1.73. The molecule has 1 unspecified atom stereocenters. The molecule has 0 fully saturated rings. The van der Waals surface area contributed by atoms with E-state index in [0.29, 0.717) is 11.5 Å². The molecule has 2 aromatic heterocycles. The van der Waals surface area contributed by atoms with Crippen LogP contribution in [-0.4, -0.2) is 31.4 Å². The van der Waals surface area contributed by atoms with E-state index in [4.69, 9.17) is 5.73 Å². The van der Waals surface area contributed by atoms with Crippen molar-refractivity contribution >= 4 is 17.5 Å². The van der Waals surface area contributed by atoms with E-state index in [1.54, 1.807) is 11.8 Å². The van der Waals surface area contributed by atoms with E-state index in [-0.39, 0.29) is 11.6 Å². The third-order valence-corrected chi connectivity index (χ3v) is 3.59. The maximum Gasteiger partial charge on any atom is 0.274 e. The number of nitrogens with zero attached hydrogens (tertiary/aromatic N) is 3. The quantitative estimate of drug-likeness (QED) is 0.804. The van der Waals surface area contributed by atoms with Crippen LogP contribution in [0.2, 0.25) is 0 Å². The number of rotatable bonds is 5. The Bertz CT molecular complexity index is 549. The Morgan fingerprint density at radius 2 is 2.47 bits per heavy atom. The van der Waals surface area contributed by atoms with Crippen molar-refractivity contribution < 1.29 is 0 Å². The Hall–Kier alpha value is -1.34. The molecular weight excluding hydrogens is 238 g/mol. The van der Waals surface area contributed by atoms with Gasteiger partial charge in [0.05, 0.1) is 5.69 Å². The summed E-state index contributed by atoms with van der Waals surface area (Å²) in [7, 11) is 0. The van der Waals surface area contributed by atoms with Gasteiger partial charge < -0.3 is 5.73 Å². The number of nitrogens with one attached hydrogen (secondary N) is 1. The van der Waals surface area contributed by atoms with Crippen LogP contribution < -0.4 is 11.3 Å². The highest BCUT2D eigenvalue weighted by atomic mass is 32.2. The summed E-state index contributed by atoms with van der Waals surface area (Å²) in [6.45, 7) is 2.06. The fourth-order valence-corrected chi connectivity index (χ4v) is 2.39. The molecule has 6 nitrogen and oxygen atoms in total. The van der Waals surface area contributed by atoms with Crippen LogP contribution in [0.15, 0.2) is 17.2 Å². The van der Waals surface area contributed by atoms with Crippen molar-refractivity contribution in [3.8, 4) is 0 Å². The van der Waals surface area contributed by atoms with Crippen molar-refractivity contribution in [3.05, 3.63) is 28.4 Å². The molecule has 0 aromatic carbocycles. The second kappa shape index (κ2) is 5.33. The Morgan fingerprint density at radius 3 is 3.24 bits per heavy atom. The van der Waals surface area contributed by atoms with Gasteiger partial charge in [0.15, 0.2) is 0 Å². The number of fused-ring (bicyclic) bond motifs is 1. The molecular formula is C10H15N5OS. The third-order valence-electron chi connectivity index (χ3n) is 2.43. The summed E-state index contributed by atoms with van der Waals surface area (Å²) in [5.74, 6) is 1.97. The van der Waals surface area contributed by atoms with Crippen LogP contribution in [0.25, 0.3) is 5.78 Å². The van der Waals surface area contributed by atoms with Gasteiger partial charge in [0.1, 0.15) is 6.33 Å². The largest absolute Gasteiger partial charge is 0.327 e. The lowest BCUT2D eigenvalue weighted by Gasteiger charge is -2.07. The number of nitrogens with two attached hydrogens (primary N) is 1. The van der Waals surface area contributed by atoms with E-state index in [1.165, 1.54) is 16.9 Å². The first-order valence-electron chi connectivity index (χ1n) is 5.46. The average Bonchev–Trinajstić information content (AvgIpc) is 2.77. The highest BCUT2D eigenvalue weighted by Gasteiger charge is 2.05. The van der Waals surface area contributed by atoms with Gasteiger partial charge in [-0.15, -0.1) is 0 Å². The zero-order valence-corrected chi connectivity index (χ0v) is 10.4. The number of H-pyrrole nitrogens is 1. The Morgan fingerprint density at radius 1 is 1.65 bits per heavy atom. The van der Waals surface area contributed by atoms with Crippen LogP contribution in [0, 0.1) is 0 Å². The van der Waals surface area contributed by atoms with Gasteiger partial charge in [-0.25, -0.2) is 9.97 Å². The third kappa shape index (κ3) is 2.86. The molecule has 0 aliphatic rings. The van der Waals surface area contributed by atoms with Crippen LogP contribution in [0.3, 0.4) is 0 Å². The van der Waals surface area contributed by atoms with Gasteiger partial charge in [-0.05, 0) is 6.42 Å². The van der Waals surface area contributed by atoms with Crippen molar-refractivity contribution in [1.29, 1.82) is 0 Å². The maximum atomic E-state index is 11.6. The molecule has 0 aliphatic carbocycles. The molecule has 7 heteroatoms. The number of aromatic amines is 1. The van der Waals surface area contributed by atoms with Crippen LogP contribution in [0.1, 0.15) is 19.0 Å². The van der Waals surface area contributed by atoms with E-state index < -0.39 is 0 Å². The lowest BCUT2D eigenvalue weighted by molar-refractivity contribution is 0.724. The van der Waals surface area contributed by atoms with Crippen molar-refractivity contribution in [1.82, 2.24) is 19.6 Å². The second-order valence-corrected chi connectivity index (χ2v) is 4.82. The van der Waals surface area contributed by atoms with Gasteiger partial charge in [-0.2, -0.15) is 16.3 Å². The summed E-state index contributed by atoms with van der Waals surface area (Å²) in [5.41, 5.74) is 6.43. The van der Waals surface area contributed by atoms with E-state index in [2.05, 4.69) is 22.0 Å². The smallest absolute Gasteiger partial charge is 0.274 e. The fourth-order valence-electron chi connectivity index (χ4n) is 1.38. The molecule has 0 aliphatic heterocycles. The zero-order valence-electron chi connectivity index (χ0n) is 9.59. The molecule has 0 saturated carbocycles. The van der Waals surface area contributed by atoms with Crippen LogP contribution in [0.4, 0.5) is 0 Å². The topological polar surface area (TPSA) is 89.1 Å². The molecule has 3 N–H and O–H groups in total. The van der Waals surface area contributed by atoms with Crippen LogP contribution >= 0.6 is 11.8 Å². The van der Waals surface area contributed by atoms with Gasteiger partial charge in [0.2, 0.25) is 0 Å². The molecule has 1 atom stereocenters. The summed E-state index contributed by atoms with van der Waals surface area (Å²) in [4.78, 5) is 19.9. The Kier molecular flexibility index (Phi) is 3.80. The minimum atomic E-state index is -0.136. The number of hydrogen-bond donors (Lipinski definition) is 2. The molecule has 2 heterocycles. The molecule has 0 radical (unpaired) electrons. The van der Waals surface area contributed by atoms with Crippen molar-refractivity contribution in [3.63, 3.8) is 0 Å². The van der Waals surface area contributed by atoms with E-state index in [9.17, 15) is 4.79 Å². The molecule has 2 rings (SSSR count). The highest BCUT2D eigenvalue weighted by molar-refractivity contribution is 7.98. The summed E-state index contributed by atoms with van der Waals surface area (Å²) < 4.78 is 1.31. The standard InChI is InChI=1S/C10H15N5OS/c1-2-7(11)4-17-5-8-3-9(16)15-10(14-8)12-6-13-15/h3,6-7H,2,4-5,11H2,1H3,(H,12,13,14). The minimum absolute atomic E-state index is 0.136. The van der Waals surface area contributed by atoms with Crippen LogP contribution in [0.5, 0.6) is 0 Å². The Labute approximate surface area is 103 Å². The monoisotopic (exact) mass is 253 g/mol. The van der Waals surface area contributed by atoms with E-state index in [1.807, 2.05) is 0 Å². The molecule has 17 heavy (non-hydrogen) atoms. The first-order chi connectivity index (χ1) is 8.20. The first-order valence-corrected chi connectivity index (χ1v) is 6.61. The Balaban J connectivity index is 2.06. The molecule has 0 amide bonds.